The van der Waals surface area contributed by atoms with E-state index < -0.39 is 0 Å². The van der Waals surface area contributed by atoms with Crippen LogP contribution in [0.25, 0.3) is 0 Å². The first-order valence-electron chi connectivity index (χ1n) is 4.81. The Balaban J connectivity index is 2.75. The van der Waals surface area contributed by atoms with Crippen LogP contribution in [0.1, 0.15) is 30.0 Å². The SMILES string of the molecule is C=CCC[C@H](N)c1ccc(O)c(C)c1. The summed E-state index contributed by atoms with van der Waals surface area (Å²) in [5.41, 5.74) is 7.91. The Bertz CT molecular complexity index is 320. The molecule has 0 bridgehead atoms. The molecule has 2 nitrogen and oxygen atoms in total. The van der Waals surface area contributed by atoms with Gasteiger partial charge in [0.2, 0.25) is 0 Å². The minimum atomic E-state index is 0.0345. The van der Waals surface area contributed by atoms with Crippen molar-refractivity contribution < 1.29 is 5.11 Å². The molecule has 0 heterocycles. The van der Waals surface area contributed by atoms with Gasteiger partial charge in [0, 0.05) is 6.04 Å². The highest BCUT2D eigenvalue weighted by molar-refractivity contribution is 5.36. The fourth-order valence-electron chi connectivity index (χ4n) is 1.37. The maximum Gasteiger partial charge on any atom is 0.118 e. The lowest BCUT2D eigenvalue weighted by Crippen LogP contribution is -2.09. The van der Waals surface area contributed by atoms with Crippen LogP contribution in [0.15, 0.2) is 30.9 Å². The van der Waals surface area contributed by atoms with Crippen LogP contribution in [0.5, 0.6) is 5.75 Å². The van der Waals surface area contributed by atoms with Crippen LogP contribution in [0.2, 0.25) is 0 Å². The predicted octanol–water partition coefficient (Wildman–Crippen LogP) is 2.67. The van der Waals surface area contributed by atoms with Gasteiger partial charge in [-0.25, -0.2) is 0 Å². The van der Waals surface area contributed by atoms with Crippen molar-refractivity contribution >= 4 is 0 Å². The zero-order valence-electron chi connectivity index (χ0n) is 8.53. The lowest BCUT2D eigenvalue weighted by atomic mass is 10.0. The summed E-state index contributed by atoms with van der Waals surface area (Å²) >= 11 is 0. The molecule has 0 spiro atoms. The smallest absolute Gasteiger partial charge is 0.118 e. The van der Waals surface area contributed by atoms with Crippen LogP contribution in [0, 0.1) is 6.92 Å². The van der Waals surface area contributed by atoms with E-state index in [0.717, 1.165) is 24.0 Å². The second-order valence-corrected chi connectivity index (χ2v) is 3.52. The fourth-order valence-corrected chi connectivity index (χ4v) is 1.37. The predicted molar refractivity (Wildman–Crippen MR) is 59.2 cm³/mol. The average molecular weight is 191 g/mol. The first kappa shape index (κ1) is 10.8. The molecule has 1 atom stereocenters. The molecule has 0 aromatic heterocycles. The van der Waals surface area contributed by atoms with Crippen molar-refractivity contribution in [1.29, 1.82) is 0 Å². The number of aryl methyl sites for hydroxylation is 1. The lowest BCUT2D eigenvalue weighted by molar-refractivity contribution is 0.470. The highest BCUT2D eigenvalue weighted by Gasteiger charge is 2.06. The van der Waals surface area contributed by atoms with Crippen molar-refractivity contribution in [3.05, 3.63) is 42.0 Å². The Labute approximate surface area is 85.1 Å². The summed E-state index contributed by atoms with van der Waals surface area (Å²) in [6.07, 6.45) is 3.68. The molecule has 1 rings (SSSR count). The van der Waals surface area contributed by atoms with Gasteiger partial charge >= 0.3 is 0 Å². The van der Waals surface area contributed by atoms with Crippen LogP contribution >= 0.6 is 0 Å². The summed E-state index contributed by atoms with van der Waals surface area (Å²) in [6.45, 7) is 5.54. The number of aromatic hydroxyl groups is 1. The highest BCUT2D eigenvalue weighted by Crippen LogP contribution is 2.22. The van der Waals surface area contributed by atoms with E-state index in [-0.39, 0.29) is 6.04 Å². The van der Waals surface area contributed by atoms with E-state index in [9.17, 15) is 5.11 Å². The molecule has 0 radical (unpaired) electrons. The van der Waals surface area contributed by atoms with Crippen molar-refractivity contribution in [3.8, 4) is 5.75 Å². The van der Waals surface area contributed by atoms with Gasteiger partial charge in [0.25, 0.3) is 0 Å². The Hall–Kier alpha value is -1.28. The molecule has 3 N–H and O–H groups in total. The zero-order valence-corrected chi connectivity index (χ0v) is 8.53. The van der Waals surface area contributed by atoms with E-state index in [1.807, 2.05) is 25.1 Å². The van der Waals surface area contributed by atoms with Crippen molar-refractivity contribution in [1.82, 2.24) is 0 Å². The molecule has 0 aliphatic carbocycles. The minimum absolute atomic E-state index is 0.0345. The molecule has 1 aromatic carbocycles. The number of nitrogens with two attached hydrogens (primary N) is 1. The number of hydrogen-bond acceptors (Lipinski definition) is 2. The van der Waals surface area contributed by atoms with Crippen molar-refractivity contribution in [2.24, 2.45) is 5.73 Å². The summed E-state index contributed by atoms with van der Waals surface area (Å²) < 4.78 is 0. The van der Waals surface area contributed by atoms with Gasteiger partial charge in [-0.3, -0.25) is 0 Å². The van der Waals surface area contributed by atoms with Gasteiger partial charge in [-0.2, -0.15) is 0 Å². The molecule has 1 aromatic rings. The third-order valence-corrected chi connectivity index (χ3v) is 2.33. The van der Waals surface area contributed by atoms with E-state index in [1.165, 1.54) is 0 Å². The molecule has 0 aliphatic heterocycles. The molecule has 0 saturated heterocycles. The van der Waals surface area contributed by atoms with Crippen molar-refractivity contribution in [3.63, 3.8) is 0 Å². The van der Waals surface area contributed by atoms with E-state index in [2.05, 4.69) is 6.58 Å². The number of phenolic OH excluding ortho intramolecular Hbond substituents is 1. The van der Waals surface area contributed by atoms with Gasteiger partial charge in [-0.05, 0) is 37.0 Å². The number of hydrogen-bond donors (Lipinski definition) is 2. The maximum absolute atomic E-state index is 9.34. The monoisotopic (exact) mass is 191 g/mol. The Kier molecular flexibility index (Phi) is 3.72. The van der Waals surface area contributed by atoms with Gasteiger partial charge in [-0.15, -0.1) is 6.58 Å². The standard InChI is InChI=1S/C12H17NO/c1-3-4-5-11(13)10-6-7-12(14)9(2)8-10/h3,6-8,11,14H,1,4-5,13H2,2H3/t11-/m0/s1. The molecule has 0 fully saturated rings. The fraction of sp³-hybridized carbons (Fsp3) is 0.333. The summed E-state index contributed by atoms with van der Waals surface area (Å²) in [7, 11) is 0. The Morgan fingerprint density at radius 2 is 2.29 bits per heavy atom. The van der Waals surface area contributed by atoms with Crippen molar-refractivity contribution in [2.75, 3.05) is 0 Å². The first-order valence-corrected chi connectivity index (χ1v) is 4.81. The highest BCUT2D eigenvalue weighted by atomic mass is 16.3. The molecule has 0 amide bonds. The topological polar surface area (TPSA) is 46.2 Å². The van der Waals surface area contributed by atoms with E-state index in [0.29, 0.717) is 5.75 Å². The number of benzene rings is 1. The third-order valence-electron chi connectivity index (χ3n) is 2.33. The Morgan fingerprint density at radius 3 is 2.86 bits per heavy atom. The third kappa shape index (κ3) is 2.60. The summed E-state index contributed by atoms with van der Waals surface area (Å²) in [5, 5.41) is 9.34. The van der Waals surface area contributed by atoms with Crippen LogP contribution in [0.3, 0.4) is 0 Å². The van der Waals surface area contributed by atoms with Crippen molar-refractivity contribution in [2.45, 2.75) is 25.8 Å². The largest absolute Gasteiger partial charge is 0.508 e. The average Bonchev–Trinajstić information content (AvgIpc) is 2.18. The van der Waals surface area contributed by atoms with Gasteiger partial charge in [-0.1, -0.05) is 18.2 Å². The lowest BCUT2D eigenvalue weighted by Gasteiger charge is -2.11. The second kappa shape index (κ2) is 4.82. The van der Waals surface area contributed by atoms with Gasteiger partial charge < -0.3 is 10.8 Å². The number of allylic oxidation sites excluding steroid dienone is 1. The van der Waals surface area contributed by atoms with Crippen LogP contribution < -0.4 is 5.73 Å². The molecule has 0 saturated carbocycles. The summed E-state index contributed by atoms with van der Waals surface area (Å²) in [6, 6.07) is 5.53. The molecule has 76 valence electrons. The van der Waals surface area contributed by atoms with Gasteiger partial charge in [0.15, 0.2) is 0 Å². The normalized spacial score (nSPS) is 12.4. The van der Waals surface area contributed by atoms with Crippen LogP contribution in [-0.4, -0.2) is 5.11 Å². The quantitative estimate of drug-likeness (QED) is 0.719. The first-order chi connectivity index (χ1) is 6.65. The molecule has 2 heteroatoms. The molecule has 0 unspecified atom stereocenters. The molecular weight excluding hydrogens is 174 g/mol. The molecule has 14 heavy (non-hydrogen) atoms. The zero-order chi connectivity index (χ0) is 10.6. The number of phenols is 1. The summed E-state index contributed by atoms with van der Waals surface area (Å²) in [4.78, 5) is 0. The van der Waals surface area contributed by atoms with E-state index >= 15 is 0 Å². The second-order valence-electron chi connectivity index (χ2n) is 3.52. The van der Waals surface area contributed by atoms with Gasteiger partial charge in [0.1, 0.15) is 5.75 Å². The molecule has 0 aliphatic rings. The minimum Gasteiger partial charge on any atom is -0.508 e. The van der Waals surface area contributed by atoms with E-state index in [4.69, 9.17) is 5.73 Å². The van der Waals surface area contributed by atoms with Gasteiger partial charge in [0.05, 0.1) is 0 Å². The molecular formula is C12H17NO. The van der Waals surface area contributed by atoms with Crippen LogP contribution in [-0.2, 0) is 0 Å². The maximum atomic E-state index is 9.34. The van der Waals surface area contributed by atoms with E-state index in [1.54, 1.807) is 6.07 Å². The Morgan fingerprint density at radius 1 is 1.57 bits per heavy atom. The van der Waals surface area contributed by atoms with Crippen LogP contribution in [0.4, 0.5) is 0 Å². The number of rotatable bonds is 4. The summed E-state index contributed by atoms with van der Waals surface area (Å²) in [5.74, 6) is 0.324.